The highest BCUT2D eigenvalue weighted by Gasteiger charge is 2.40. The minimum absolute atomic E-state index is 0.0106. The molecular formula is C26H33F2NO5. The number of hydrogen-bond acceptors (Lipinski definition) is 4. The molecule has 34 heavy (non-hydrogen) atoms. The van der Waals surface area contributed by atoms with Crippen molar-refractivity contribution >= 4 is 23.1 Å². The lowest BCUT2D eigenvalue weighted by Gasteiger charge is -2.40. The van der Waals surface area contributed by atoms with E-state index in [4.69, 9.17) is 14.6 Å². The Bertz CT molecular complexity index is 1040. The average molecular weight is 478 g/mol. The molecule has 0 bridgehead atoms. The van der Waals surface area contributed by atoms with E-state index >= 15 is 0 Å². The summed E-state index contributed by atoms with van der Waals surface area (Å²) in [4.78, 5) is 25.5. The van der Waals surface area contributed by atoms with E-state index in [1.165, 1.54) is 6.92 Å². The summed E-state index contributed by atoms with van der Waals surface area (Å²) in [7, 11) is 0. The molecule has 1 aromatic carbocycles. The molecule has 2 unspecified atom stereocenters. The first-order chi connectivity index (χ1) is 15.8. The van der Waals surface area contributed by atoms with Crippen LogP contribution in [0.2, 0.25) is 0 Å². The molecule has 8 heteroatoms. The normalized spacial score (nSPS) is 22.1. The summed E-state index contributed by atoms with van der Waals surface area (Å²) >= 11 is 0. The lowest BCUT2D eigenvalue weighted by molar-refractivity contribution is -0.257. The summed E-state index contributed by atoms with van der Waals surface area (Å²) in [6, 6.07) is 3.88. The van der Waals surface area contributed by atoms with Crippen molar-refractivity contribution in [1.82, 2.24) is 0 Å². The third kappa shape index (κ3) is 5.17. The van der Waals surface area contributed by atoms with E-state index in [2.05, 4.69) is 0 Å². The molecule has 1 amide bonds. The van der Waals surface area contributed by atoms with Crippen LogP contribution in [0.5, 0.6) is 0 Å². The number of rotatable bonds is 8. The Morgan fingerprint density at radius 1 is 1.29 bits per heavy atom. The topological polar surface area (TPSA) is 76.1 Å². The van der Waals surface area contributed by atoms with Gasteiger partial charge in [-0.05, 0) is 54.3 Å². The number of aryl methyl sites for hydroxylation is 1. The molecule has 3 rings (SSSR count). The highest BCUT2D eigenvalue weighted by molar-refractivity contribution is 5.98. The van der Waals surface area contributed by atoms with Gasteiger partial charge >= 0.3 is 12.1 Å². The predicted molar refractivity (Wildman–Crippen MR) is 126 cm³/mol. The van der Waals surface area contributed by atoms with E-state index in [1.807, 2.05) is 39.8 Å². The number of carbonyl (C=O) groups is 2. The van der Waals surface area contributed by atoms with Gasteiger partial charge in [0.2, 0.25) is 5.91 Å². The Balaban J connectivity index is 2.17. The van der Waals surface area contributed by atoms with Gasteiger partial charge in [0.25, 0.3) is 0 Å². The summed E-state index contributed by atoms with van der Waals surface area (Å²) in [5.41, 5.74) is 3.39. The largest absolute Gasteiger partial charge is 0.482 e. The number of amides is 1. The maximum Gasteiger partial charge on any atom is 0.356 e. The number of hydrogen-bond donors (Lipinski definition) is 1. The monoisotopic (exact) mass is 477 g/mol. The van der Waals surface area contributed by atoms with Crippen LogP contribution in [0.25, 0.3) is 5.57 Å². The molecule has 1 aliphatic heterocycles. The fourth-order valence-corrected chi connectivity index (χ4v) is 4.64. The van der Waals surface area contributed by atoms with Crippen molar-refractivity contribution in [3.8, 4) is 0 Å². The van der Waals surface area contributed by atoms with Crippen LogP contribution in [0.15, 0.2) is 30.0 Å². The van der Waals surface area contributed by atoms with Crippen LogP contribution >= 0.6 is 0 Å². The summed E-state index contributed by atoms with van der Waals surface area (Å²) < 4.78 is 39.4. The Labute approximate surface area is 199 Å². The van der Waals surface area contributed by atoms with Gasteiger partial charge in [-0.2, -0.15) is 8.78 Å². The van der Waals surface area contributed by atoms with Crippen LogP contribution in [0.4, 0.5) is 14.5 Å². The maximum atomic E-state index is 14.4. The van der Waals surface area contributed by atoms with Crippen LogP contribution in [-0.2, 0) is 24.5 Å². The minimum Gasteiger partial charge on any atom is -0.482 e. The van der Waals surface area contributed by atoms with Gasteiger partial charge in [-0.1, -0.05) is 33.8 Å². The molecule has 1 N–H and O–H groups in total. The Kier molecular flexibility index (Phi) is 7.22. The molecular weight excluding hydrogens is 444 g/mol. The van der Waals surface area contributed by atoms with Crippen LogP contribution in [0.1, 0.15) is 64.2 Å². The standard InChI is InChI=1S/C26H33F2NO5/c1-7-26(27,28)34-24-16(4)9-17(33-14-23(31)32)11-19(24)18-12-21-20(10-15(18)3)25(5,6)13-22(30)29(21)8-2/h9-12,16,24H,7-8,13-14H2,1-6H3,(H,31,32). The second-order valence-corrected chi connectivity index (χ2v) is 9.62. The number of ether oxygens (including phenoxy) is 2. The lowest BCUT2D eigenvalue weighted by atomic mass is 9.75. The summed E-state index contributed by atoms with van der Waals surface area (Å²) in [5, 5.41) is 9.00. The first-order valence-electron chi connectivity index (χ1n) is 11.6. The molecule has 0 saturated carbocycles. The highest BCUT2D eigenvalue weighted by atomic mass is 19.3. The van der Waals surface area contributed by atoms with Crippen LogP contribution in [0, 0.1) is 12.8 Å². The molecule has 1 aromatic rings. The number of nitrogens with zero attached hydrogens (tertiary/aromatic N) is 1. The number of benzene rings is 1. The van der Waals surface area contributed by atoms with E-state index in [-0.39, 0.29) is 17.1 Å². The predicted octanol–water partition coefficient (Wildman–Crippen LogP) is 5.44. The SMILES string of the molecule is CCN1C(=O)CC(C)(C)c2cc(C)c(C3=CC(OCC(=O)O)=CC(C)C3OC(F)(F)CC)cc21. The van der Waals surface area contributed by atoms with E-state index in [0.717, 1.165) is 16.8 Å². The van der Waals surface area contributed by atoms with Gasteiger partial charge in [0.05, 0.1) is 6.10 Å². The Hall–Kier alpha value is -2.74. The summed E-state index contributed by atoms with van der Waals surface area (Å²) in [6.07, 6.45) is -1.24. The first kappa shape index (κ1) is 25.9. The zero-order chi connectivity index (χ0) is 25.4. The number of allylic oxidation sites excluding steroid dienone is 1. The van der Waals surface area contributed by atoms with Crippen LogP contribution < -0.4 is 4.90 Å². The van der Waals surface area contributed by atoms with Crippen molar-refractivity contribution in [3.05, 3.63) is 46.7 Å². The van der Waals surface area contributed by atoms with E-state index in [0.29, 0.717) is 24.1 Å². The first-order valence-corrected chi connectivity index (χ1v) is 11.6. The summed E-state index contributed by atoms with van der Waals surface area (Å²) in [6.45, 7) is 10.9. The molecule has 2 aliphatic rings. The zero-order valence-corrected chi connectivity index (χ0v) is 20.6. The van der Waals surface area contributed by atoms with Gasteiger partial charge in [0.15, 0.2) is 6.61 Å². The molecule has 1 aliphatic carbocycles. The molecule has 0 aromatic heterocycles. The number of anilines is 1. The minimum atomic E-state index is -3.33. The number of fused-ring (bicyclic) bond motifs is 1. The van der Waals surface area contributed by atoms with Gasteiger partial charge < -0.3 is 19.5 Å². The zero-order valence-electron chi connectivity index (χ0n) is 20.6. The van der Waals surface area contributed by atoms with Gasteiger partial charge in [0, 0.05) is 36.4 Å². The number of aliphatic carboxylic acids is 1. The van der Waals surface area contributed by atoms with Crippen molar-refractivity contribution in [2.45, 2.75) is 72.0 Å². The molecule has 0 fully saturated rings. The molecule has 0 saturated heterocycles. The maximum absolute atomic E-state index is 14.4. The molecule has 6 nitrogen and oxygen atoms in total. The van der Waals surface area contributed by atoms with Crippen LogP contribution in [-0.4, -0.2) is 42.3 Å². The molecule has 0 radical (unpaired) electrons. The Morgan fingerprint density at radius 3 is 2.56 bits per heavy atom. The number of carbonyl (C=O) groups excluding carboxylic acids is 1. The fourth-order valence-electron chi connectivity index (χ4n) is 4.64. The highest BCUT2D eigenvalue weighted by Crippen LogP contribution is 2.45. The fraction of sp³-hybridized carbons (Fsp3) is 0.538. The second-order valence-electron chi connectivity index (χ2n) is 9.62. The number of halogens is 2. The lowest BCUT2D eigenvalue weighted by Crippen LogP contribution is -2.42. The summed E-state index contributed by atoms with van der Waals surface area (Å²) in [5.74, 6) is -1.34. The van der Waals surface area contributed by atoms with Gasteiger partial charge in [-0.3, -0.25) is 4.79 Å². The van der Waals surface area contributed by atoms with Crippen molar-refractivity contribution < 1.29 is 33.0 Å². The number of alkyl halides is 2. The van der Waals surface area contributed by atoms with E-state index < -0.39 is 37.1 Å². The number of carboxylic acid groups (broad SMARTS) is 1. The molecule has 2 atom stereocenters. The average Bonchev–Trinajstić information content (AvgIpc) is 2.74. The van der Waals surface area contributed by atoms with Crippen molar-refractivity contribution in [1.29, 1.82) is 0 Å². The van der Waals surface area contributed by atoms with Crippen molar-refractivity contribution in [2.75, 3.05) is 18.1 Å². The van der Waals surface area contributed by atoms with Crippen molar-refractivity contribution in [3.63, 3.8) is 0 Å². The Morgan fingerprint density at radius 2 is 1.97 bits per heavy atom. The van der Waals surface area contributed by atoms with E-state index in [9.17, 15) is 18.4 Å². The van der Waals surface area contributed by atoms with E-state index in [1.54, 1.807) is 24.0 Å². The van der Waals surface area contributed by atoms with Crippen LogP contribution in [0.3, 0.4) is 0 Å². The second kappa shape index (κ2) is 9.49. The smallest absolute Gasteiger partial charge is 0.356 e. The quantitative estimate of drug-likeness (QED) is 0.540. The van der Waals surface area contributed by atoms with Gasteiger partial charge in [-0.15, -0.1) is 0 Å². The van der Waals surface area contributed by atoms with Gasteiger partial charge in [0.1, 0.15) is 5.76 Å². The molecule has 0 spiro atoms. The number of carboxylic acids is 1. The molecule has 1 heterocycles. The third-order valence-corrected chi connectivity index (χ3v) is 6.47. The molecule has 186 valence electrons. The van der Waals surface area contributed by atoms with Gasteiger partial charge in [-0.25, -0.2) is 4.79 Å². The third-order valence-electron chi connectivity index (χ3n) is 6.47. The van der Waals surface area contributed by atoms with Crippen molar-refractivity contribution in [2.24, 2.45) is 5.92 Å².